The topological polar surface area (TPSA) is 126 Å². The number of hydrogen-bond donors (Lipinski definition) is 3. The van der Waals surface area contributed by atoms with Gasteiger partial charge >= 0.3 is 0 Å². The lowest BCUT2D eigenvalue weighted by Gasteiger charge is -2.22. The van der Waals surface area contributed by atoms with E-state index in [1.54, 1.807) is 50.2 Å². The van der Waals surface area contributed by atoms with Gasteiger partial charge in [0, 0.05) is 29.3 Å². The molecule has 0 aliphatic carbocycles. The number of anilines is 2. The maximum Gasteiger partial charge on any atom is 0.255 e. The van der Waals surface area contributed by atoms with Crippen LogP contribution in [-0.4, -0.2) is 38.4 Å². The number of carbonyl (C=O) groups is 2. The van der Waals surface area contributed by atoms with Crippen LogP contribution in [0, 0.1) is 5.92 Å². The second-order valence-electron chi connectivity index (χ2n) is 7.78. The molecule has 34 heavy (non-hydrogen) atoms. The van der Waals surface area contributed by atoms with Gasteiger partial charge in [-0.1, -0.05) is 19.9 Å². The summed E-state index contributed by atoms with van der Waals surface area (Å²) in [6, 6.07) is 14.6. The van der Waals surface area contributed by atoms with Gasteiger partial charge < -0.3 is 15.4 Å². The fourth-order valence-corrected chi connectivity index (χ4v) is 4.43. The third-order valence-electron chi connectivity index (χ3n) is 4.93. The number of nitrogens with one attached hydrogen (secondary N) is 3. The summed E-state index contributed by atoms with van der Waals surface area (Å²) in [7, 11) is -2.46. The van der Waals surface area contributed by atoms with E-state index < -0.39 is 22.0 Å². The molecule has 0 radical (unpaired) electrons. The Kier molecular flexibility index (Phi) is 7.98. The predicted octanol–water partition coefficient (Wildman–Crippen LogP) is 3.28. The monoisotopic (exact) mass is 482 g/mol. The van der Waals surface area contributed by atoms with Crippen LogP contribution in [0.2, 0.25) is 0 Å². The number of pyridine rings is 1. The summed E-state index contributed by atoms with van der Waals surface area (Å²) in [6.07, 6.45) is 3.04. The molecular formula is C24H26N4O5S. The lowest BCUT2D eigenvalue weighted by molar-refractivity contribution is -0.118. The van der Waals surface area contributed by atoms with E-state index in [-0.39, 0.29) is 16.7 Å². The van der Waals surface area contributed by atoms with E-state index in [0.717, 1.165) is 0 Å². The highest BCUT2D eigenvalue weighted by atomic mass is 32.2. The van der Waals surface area contributed by atoms with Crippen molar-refractivity contribution in [2.75, 3.05) is 17.7 Å². The quantitative estimate of drug-likeness (QED) is 0.430. The summed E-state index contributed by atoms with van der Waals surface area (Å²) < 4.78 is 33.2. The summed E-state index contributed by atoms with van der Waals surface area (Å²) in [4.78, 5) is 29.2. The van der Waals surface area contributed by atoms with Crippen LogP contribution in [0.1, 0.15) is 24.2 Å². The molecule has 3 rings (SSSR count). The first kappa shape index (κ1) is 24.9. The number of hydrogen-bond acceptors (Lipinski definition) is 6. The Labute approximate surface area is 198 Å². The summed E-state index contributed by atoms with van der Waals surface area (Å²) in [5, 5.41) is 5.48. The van der Waals surface area contributed by atoms with E-state index >= 15 is 0 Å². The Morgan fingerprint density at radius 1 is 0.912 bits per heavy atom. The third-order valence-corrected chi connectivity index (χ3v) is 6.39. The standard InChI is InChI=1S/C24H26N4O5S/c1-16(2)22(28-34(31,32)21-9-7-20(33-3)8-10-21)24(30)27-19-6-4-5-18(15-19)26-23(29)17-11-13-25-14-12-17/h4-16,22,28H,1-3H3,(H,26,29)(H,27,30)/t22-/m0/s1. The Hall–Kier alpha value is -3.76. The highest BCUT2D eigenvalue weighted by Crippen LogP contribution is 2.19. The molecular weight excluding hydrogens is 456 g/mol. The van der Waals surface area contributed by atoms with Crippen LogP contribution in [0.5, 0.6) is 5.75 Å². The van der Waals surface area contributed by atoms with Crippen LogP contribution in [0.4, 0.5) is 11.4 Å². The Morgan fingerprint density at radius 3 is 2.12 bits per heavy atom. The zero-order valence-corrected chi connectivity index (χ0v) is 19.8. The summed E-state index contributed by atoms with van der Waals surface area (Å²) >= 11 is 0. The molecule has 1 atom stereocenters. The van der Waals surface area contributed by atoms with Gasteiger partial charge in [-0.15, -0.1) is 0 Å². The van der Waals surface area contributed by atoms with Crippen molar-refractivity contribution in [1.29, 1.82) is 0 Å². The number of nitrogens with zero attached hydrogens (tertiary/aromatic N) is 1. The number of carbonyl (C=O) groups excluding carboxylic acids is 2. The van der Waals surface area contributed by atoms with Gasteiger partial charge in [0.05, 0.1) is 12.0 Å². The molecule has 0 saturated heterocycles. The predicted molar refractivity (Wildman–Crippen MR) is 129 cm³/mol. The zero-order valence-electron chi connectivity index (χ0n) is 19.0. The van der Waals surface area contributed by atoms with Crippen LogP contribution in [0.25, 0.3) is 0 Å². The second-order valence-corrected chi connectivity index (χ2v) is 9.49. The van der Waals surface area contributed by atoms with E-state index in [4.69, 9.17) is 4.74 Å². The fourth-order valence-electron chi connectivity index (χ4n) is 3.08. The number of amides is 2. The first-order chi connectivity index (χ1) is 16.2. The number of benzene rings is 2. The van der Waals surface area contributed by atoms with Crippen LogP contribution in [-0.2, 0) is 14.8 Å². The first-order valence-electron chi connectivity index (χ1n) is 10.5. The molecule has 0 aliphatic rings. The molecule has 0 aliphatic heterocycles. The van der Waals surface area contributed by atoms with E-state index in [1.165, 1.54) is 43.8 Å². The van der Waals surface area contributed by atoms with Crippen molar-refractivity contribution in [2.24, 2.45) is 5.92 Å². The molecule has 0 unspecified atom stereocenters. The second kappa shape index (κ2) is 10.9. The van der Waals surface area contributed by atoms with Gasteiger partial charge in [0.2, 0.25) is 15.9 Å². The largest absolute Gasteiger partial charge is 0.497 e. The zero-order chi connectivity index (χ0) is 24.7. The van der Waals surface area contributed by atoms with Crippen LogP contribution in [0.3, 0.4) is 0 Å². The molecule has 0 saturated carbocycles. The molecule has 0 fully saturated rings. The van der Waals surface area contributed by atoms with Crippen molar-refractivity contribution in [2.45, 2.75) is 24.8 Å². The van der Waals surface area contributed by atoms with Crippen molar-refractivity contribution in [3.8, 4) is 5.75 Å². The van der Waals surface area contributed by atoms with E-state index in [2.05, 4.69) is 20.3 Å². The Bertz CT molecular complexity index is 1250. The normalized spacial score (nSPS) is 12.1. The molecule has 178 valence electrons. The number of methoxy groups -OCH3 is 1. The molecule has 3 aromatic rings. The molecule has 0 bridgehead atoms. The van der Waals surface area contributed by atoms with Gasteiger partial charge in [0.15, 0.2) is 0 Å². The van der Waals surface area contributed by atoms with Gasteiger partial charge in [-0.2, -0.15) is 4.72 Å². The lowest BCUT2D eigenvalue weighted by Crippen LogP contribution is -2.47. The van der Waals surface area contributed by atoms with Gasteiger partial charge in [0.25, 0.3) is 5.91 Å². The van der Waals surface area contributed by atoms with Gasteiger partial charge in [-0.05, 0) is 60.5 Å². The van der Waals surface area contributed by atoms with Crippen LogP contribution in [0.15, 0.2) is 78.0 Å². The average Bonchev–Trinajstić information content (AvgIpc) is 2.83. The van der Waals surface area contributed by atoms with Gasteiger partial charge in [-0.25, -0.2) is 8.42 Å². The van der Waals surface area contributed by atoms with Crippen molar-refractivity contribution < 1.29 is 22.7 Å². The summed E-state index contributed by atoms with van der Waals surface area (Å²) in [6.45, 7) is 3.48. The van der Waals surface area contributed by atoms with Crippen molar-refractivity contribution in [3.05, 3.63) is 78.6 Å². The number of sulfonamides is 1. The smallest absolute Gasteiger partial charge is 0.255 e. The summed E-state index contributed by atoms with van der Waals surface area (Å²) in [5.74, 6) is -0.654. The van der Waals surface area contributed by atoms with Crippen molar-refractivity contribution >= 4 is 33.2 Å². The fraction of sp³-hybridized carbons (Fsp3) is 0.208. The van der Waals surface area contributed by atoms with Crippen LogP contribution >= 0.6 is 0 Å². The molecule has 1 heterocycles. The van der Waals surface area contributed by atoms with Gasteiger partial charge in [0.1, 0.15) is 11.8 Å². The van der Waals surface area contributed by atoms with E-state index in [9.17, 15) is 18.0 Å². The van der Waals surface area contributed by atoms with Crippen molar-refractivity contribution in [1.82, 2.24) is 9.71 Å². The molecule has 2 aromatic carbocycles. The highest BCUT2D eigenvalue weighted by molar-refractivity contribution is 7.89. The minimum atomic E-state index is -3.95. The number of ether oxygens (including phenoxy) is 1. The Morgan fingerprint density at radius 2 is 1.53 bits per heavy atom. The minimum absolute atomic E-state index is 0.0209. The summed E-state index contributed by atoms with van der Waals surface area (Å²) in [5.41, 5.74) is 1.32. The molecule has 1 aromatic heterocycles. The molecule has 9 nitrogen and oxygen atoms in total. The molecule has 2 amide bonds. The van der Waals surface area contributed by atoms with Crippen LogP contribution < -0.4 is 20.1 Å². The first-order valence-corrected chi connectivity index (χ1v) is 12.0. The molecule has 3 N–H and O–H groups in total. The maximum absolute atomic E-state index is 13.0. The average molecular weight is 483 g/mol. The van der Waals surface area contributed by atoms with Crippen molar-refractivity contribution in [3.63, 3.8) is 0 Å². The van der Waals surface area contributed by atoms with Gasteiger partial charge in [-0.3, -0.25) is 14.6 Å². The highest BCUT2D eigenvalue weighted by Gasteiger charge is 2.28. The lowest BCUT2D eigenvalue weighted by atomic mass is 10.0. The molecule has 0 spiro atoms. The number of aromatic nitrogens is 1. The van der Waals surface area contributed by atoms with E-state index in [1.807, 2.05) is 0 Å². The minimum Gasteiger partial charge on any atom is -0.497 e. The Balaban J connectivity index is 1.71. The SMILES string of the molecule is COc1ccc(S(=O)(=O)N[C@H](C(=O)Nc2cccc(NC(=O)c3ccncc3)c2)C(C)C)cc1. The third kappa shape index (κ3) is 6.40. The number of rotatable bonds is 9. The molecule has 10 heteroatoms. The van der Waals surface area contributed by atoms with E-state index in [0.29, 0.717) is 22.7 Å². The maximum atomic E-state index is 13.0.